The van der Waals surface area contributed by atoms with Crippen LogP contribution >= 0.6 is 11.6 Å². The van der Waals surface area contributed by atoms with Crippen LogP contribution in [0.25, 0.3) is 0 Å². The third kappa shape index (κ3) is 2.68. The predicted molar refractivity (Wildman–Crippen MR) is 86.5 cm³/mol. The van der Waals surface area contributed by atoms with Crippen LogP contribution in [0, 0.1) is 11.8 Å². The molecule has 1 saturated carbocycles. The highest BCUT2D eigenvalue weighted by atomic mass is 35.5. The van der Waals surface area contributed by atoms with Gasteiger partial charge in [0.1, 0.15) is 0 Å². The molecule has 4 rings (SSSR count). The van der Waals surface area contributed by atoms with Gasteiger partial charge in [-0.3, -0.25) is 4.90 Å². The van der Waals surface area contributed by atoms with Gasteiger partial charge < -0.3 is 15.2 Å². The second-order valence-corrected chi connectivity index (χ2v) is 7.22. The number of hydrogen-bond acceptors (Lipinski definition) is 4. The molecular weight excluding hydrogens is 300 g/mol. The van der Waals surface area contributed by atoms with E-state index in [4.69, 9.17) is 26.8 Å². The molecule has 3 unspecified atom stereocenters. The summed E-state index contributed by atoms with van der Waals surface area (Å²) in [6.07, 6.45) is 3.37. The van der Waals surface area contributed by atoms with Crippen molar-refractivity contribution in [2.24, 2.45) is 17.6 Å². The maximum absolute atomic E-state index is 6.38. The number of nitrogens with zero attached hydrogens (tertiary/aromatic N) is 1. The largest absolute Gasteiger partial charge is 0.489 e. The first-order chi connectivity index (χ1) is 10.7. The van der Waals surface area contributed by atoms with Gasteiger partial charge in [0, 0.05) is 32.1 Å². The van der Waals surface area contributed by atoms with Crippen molar-refractivity contribution < 1.29 is 9.47 Å². The number of halogens is 1. The van der Waals surface area contributed by atoms with Crippen LogP contribution in [0.4, 0.5) is 0 Å². The fraction of sp³-hybridized carbons (Fsp3) is 0.647. The second kappa shape index (κ2) is 5.91. The molecule has 4 nitrogen and oxygen atoms in total. The average Bonchev–Trinajstić information content (AvgIpc) is 2.92. The minimum Gasteiger partial charge on any atom is -0.489 e. The first kappa shape index (κ1) is 14.6. The van der Waals surface area contributed by atoms with Crippen molar-refractivity contribution in [3.05, 3.63) is 22.7 Å². The molecule has 2 fully saturated rings. The fourth-order valence-corrected chi connectivity index (χ4v) is 4.45. The SMILES string of the molecule is NC1CCC2CN(Cc3cc(Cl)c4c(c3)OCCCO4)CC12. The van der Waals surface area contributed by atoms with Gasteiger partial charge >= 0.3 is 0 Å². The summed E-state index contributed by atoms with van der Waals surface area (Å²) < 4.78 is 11.5. The number of rotatable bonds is 2. The molecule has 5 heteroatoms. The maximum Gasteiger partial charge on any atom is 0.179 e. The number of likely N-dealkylation sites (tertiary alicyclic amines) is 1. The molecule has 0 spiro atoms. The van der Waals surface area contributed by atoms with Gasteiger partial charge in [0.2, 0.25) is 0 Å². The molecular formula is C17H23ClN2O2. The van der Waals surface area contributed by atoms with Crippen molar-refractivity contribution in [3.8, 4) is 11.5 Å². The maximum atomic E-state index is 6.38. The molecule has 3 atom stereocenters. The van der Waals surface area contributed by atoms with Gasteiger partial charge in [0.15, 0.2) is 11.5 Å². The highest BCUT2D eigenvalue weighted by Gasteiger charge is 2.40. The van der Waals surface area contributed by atoms with E-state index in [1.54, 1.807) is 0 Å². The van der Waals surface area contributed by atoms with Crippen LogP contribution in [0.3, 0.4) is 0 Å². The number of hydrogen-bond donors (Lipinski definition) is 1. The van der Waals surface area contributed by atoms with Crippen LogP contribution in [-0.4, -0.2) is 37.2 Å². The van der Waals surface area contributed by atoms with Gasteiger partial charge in [-0.1, -0.05) is 11.6 Å². The van der Waals surface area contributed by atoms with E-state index in [0.717, 1.165) is 37.7 Å². The van der Waals surface area contributed by atoms with Gasteiger partial charge in [0.05, 0.1) is 18.2 Å². The standard InChI is InChI=1S/C17H23ClN2O2/c18-14-6-11(7-16-17(14)22-5-1-4-21-16)8-20-9-12-2-3-15(19)13(12)10-20/h6-7,12-13,15H,1-5,8-10,19H2. The zero-order valence-corrected chi connectivity index (χ0v) is 13.5. The van der Waals surface area contributed by atoms with E-state index in [1.165, 1.54) is 18.4 Å². The highest BCUT2D eigenvalue weighted by Crippen LogP contribution is 2.40. The Morgan fingerprint density at radius 2 is 2.05 bits per heavy atom. The summed E-state index contributed by atoms with van der Waals surface area (Å²) in [5, 5.41) is 0.658. The van der Waals surface area contributed by atoms with Crippen LogP contribution < -0.4 is 15.2 Å². The molecule has 22 heavy (non-hydrogen) atoms. The molecule has 1 aliphatic carbocycles. The van der Waals surface area contributed by atoms with Crippen molar-refractivity contribution >= 4 is 11.6 Å². The molecule has 1 aromatic rings. The van der Waals surface area contributed by atoms with Crippen molar-refractivity contribution in [1.29, 1.82) is 0 Å². The number of benzene rings is 1. The fourth-order valence-electron chi connectivity index (χ4n) is 4.16. The molecule has 0 amide bonds. The van der Waals surface area contributed by atoms with Gasteiger partial charge in [-0.2, -0.15) is 0 Å². The van der Waals surface area contributed by atoms with Crippen LogP contribution in [0.15, 0.2) is 12.1 Å². The Morgan fingerprint density at radius 1 is 1.18 bits per heavy atom. The molecule has 0 radical (unpaired) electrons. The Hall–Kier alpha value is -0.970. The lowest BCUT2D eigenvalue weighted by Gasteiger charge is -2.19. The van der Waals surface area contributed by atoms with Gasteiger partial charge in [-0.25, -0.2) is 0 Å². The second-order valence-electron chi connectivity index (χ2n) is 6.81. The Labute approximate surface area is 136 Å². The Bertz CT molecular complexity index is 566. The zero-order valence-electron chi connectivity index (χ0n) is 12.8. The Balaban J connectivity index is 1.50. The molecule has 0 aromatic heterocycles. The van der Waals surface area contributed by atoms with E-state index in [1.807, 2.05) is 6.07 Å². The molecule has 1 saturated heterocycles. The molecule has 3 aliphatic rings. The van der Waals surface area contributed by atoms with E-state index in [0.29, 0.717) is 35.9 Å². The summed E-state index contributed by atoms with van der Waals surface area (Å²) in [5.74, 6) is 2.95. The van der Waals surface area contributed by atoms with Crippen molar-refractivity contribution in [3.63, 3.8) is 0 Å². The number of nitrogens with two attached hydrogens (primary N) is 1. The third-order valence-electron chi connectivity index (χ3n) is 5.26. The van der Waals surface area contributed by atoms with E-state index in [2.05, 4.69) is 11.0 Å². The average molecular weight is 323 g/mol. The van der Waals surface area contributed by atoms with Crippen molar-refractivity contribution in [2.75, 3.05) is 26.3 Å². The number of fused-ring (bicyclic) bond motifs is 2. The normalized spacial score (nSPS) is 31.1. The summed E-state index contributed by atoms with van der Waals surface area (Å²) in [6, 6.07) is 4.49. The Kier molecular flexibility index (Phi) is 3.93. The van der Waals surface area contributed by atoms with E-state index in [-0.39, 0.29) is 0 Å². The Morgan fingerprint density at radius 3 is 2.91 bits per heavy atom. The summed E-state index contributed by atoms with van der Waals surface area (Å²) in [5.41, 5.74) is 7.42. The summed E-state index contributed by atoms with van der Waals surface area (Å²) in [4.78, 5) is 2.50. The molecule has 1 aromatic carbocycles. The smallest absolute Gasteiger partial charge is 0.179 e. The topological polar surface area (TPSA) is 47.7 Å². The first-order valence-electron chi connectivity index (χ1n) is 8.26. The molecule has 2 aliphatic heterocycles. The van der Waals surface area contributed by atoms with Crippen molar-refractivity contribution in [2.45, 2.75) is 31.8 Å². The van der Waals surface area contributed by atoms with E-state index < -0.39 is 0 Å². The molecule has 2 N–H and O–H groups in total. The third-order valence-corrected chi connectivity index (χ3v) is 5.54. The lowest BCUT2D eigenvalue weighted by atomic mass is 9.98. The van der Waals surface area contributed by atoms with Crippen molar-refractivity contribution in [1.82, 2.24) is 4.90 Å². The van der Waals surface area contributed by atoms with Gasteiger partial charge in [-0.05, 0) is 42.4 Å². The molecule has 2 heterocycles. The predicted octanol–water partition coefficient (Wildman–Crippen LogP) is 2.67. The summed E-state index contributed by atoms with van der Waals surface area (Å²) in [7, 11) is 0. The van der Waals surface area contributed by atoms with Crippen LogP contribution in [-0.2, 0) is 6.54 Å². The highest BCUT2D eigenvalue weighted by molar-refractivity contribution is 6.32. The van der Waals surface area contributed by atoms with Crippen LogP contribution in [0.2, 0.25) is 5.02 Å². The number of ether oxygens (including phenoxy) is 2. The lowest BCUT2D eigenvalue weighted by Crippen LogP contribution is -2.30. The lowest BCUT2D eigenvalue weighted by molar-refractivity contribution is 0.294. The van der Waals surface area contributed by atoms with Crippen LogP contribution in [0.5, 0.6) is 11.5 Å². The monoisotopic (exact) mass is 322 g/mol. The quantitative estimate of drug-likeness (QED) is 0.909. The van der Waals surface area contributed by atoms with Gasteiger partial charge in [0.25, 0.3) is 0 Å². The summed E-state index contributed by atoms with van der Waals surface area (Å²) in [6.45, 7) is 4.54. The molecule has 120 valence electrons. The van der Waals surface area contributed by atoms with Gasteiger partial charge in [-0.15, -0.1) is 0 Å². The van der Waals surface area contributed by atoms with E-state index >= 15 is 0 Å². The van der Waals surface area contributed by atoms with E-state index in [9.17, 15) is 0 Å². The summed E-state index contributed by atoms with van der Waals surface area (Å²) >= 11 is 6.38. The molecule has 0 bridgehead atoms. The zero-order chi connectivity index (χ0) is 15.1. The first-order valence-corrected chi connectivity index (χ1v) is 8.64. The van der Waals surface area contributed by atoms with Crippen LogP contribution in [0.1, 0.15) is 24.8 Å². The minimum atomic E-state index is 0.391. The minimum absolute atomic E-state index is 0.391.